The summed E-state index contributed by atoms with van der Waals surface area (Å²) in [5, 5.41) is 19.5. The molecule has 0 aliphatic heterocycles. The molecule has 2 aromatic carbocycles. The highest BCUT2D eigenvalue weighted by Crippen LogP contribution is 2.15. The zero-order valence-electron chi connectivity index (χ0n) is 10.9. The van der Waals surface area contributed by atoms with E-state index >= 15 is 0 Å². The quantitative estimate of drug-likeness (QED) is 0.370. The third-order valence-electron chi connectivity index (χ3n) is 2.91. The lowest BCUT2D eigenvalue weighted by atomic mass is 9.95. The van der Waals surface area contributed by atoms with Crippen molar-refractivity contribution in [3.05, 3.63) is 71.8 Å². The first kappa shape index (κ1) is 14.8. The lowest BCUT2D eigenvalue weighted by Gasteiger charge is -2.17. The van der Waals surface area contributed by atoms with Crippen LogP contribution in [0.4, 0.5) is 0 Å². The topological polar surface area (TPSA) is 91.7 Å². The molecule has 2 aromatic rings. The van der Waals surface area contributed by atoms with Gasteiger partial charge in [0, 0.05) is 11.1 Å². The maximum absolute atomic E-state index is 12.0. The molecule has 5 heteroatoms. The van der Waals surface area contributed by atoms with Gasteiger partial charge in [0.25, 0.3) is 11.6 Å². The number of ketones is 3. The summed E-state index contributed by atoms with van der Waals surface area (Å²) in [7, 11) is 0. The summed E-state index contributed by atoms with van der Waals surface area (Å²) in [6.07, 6.45) is 0. The molecule has 0 unspecified atom stereocenters. The first-order chi connectivity index (χ1) is 9.94. The average Bonchev–Trinajstić information content (AvgIpc) is 2.54. The predicted molar refractivity (Wildman–Crippen MR) is 73.7 cm³/mol. The molecule has 0 atom stereocenters. The molecule has 5 nitrogen and oxygen atoms in total. The zero-order chi connectivity index (χ0) is 15.5. The lowest BCUT2D eigenvalue weighted by molar-refractivity contribution is -0.159. The summed E-state index contributed by atoms with van der Waals surface area (Å²) in [4.78, 5) is 35.8. The maximum atomic E-state index is 12.0. The Hall–Kier alpha value is -2.63. The van der Waals surface area contributed by atoms with E-state index in [4.69, 9.17) is 0 Å². The Morgan fingerprint density at radius 1 is 0.714 bits per heavy atom. The third kappa shape index (κ3) is 2.94. The van der Waals surface area contributed by atoms with Crippen molar-refractivity contribution in [2.24, 2.45) is 0 Å². The molecule has 0 aliphatic carbocycles. The molecule has 0 heterocycles. The summed E-state index contributed by atoms with van der Waals surface area (Å²) in [6.45, 7) is 0. The van der Waals surface area contributed by atoms with Crippen LogP contribution in [0.2, 0.25) is 0 Å². The fraction of sp³-hybridized carbons (Fsp3) is 0.0625. The van der Waals surface area contributed by atoms with E-state index in [9.17, 15) is 24.6 Å². The van der Waals surface area contributed by atoms with Gasteiger partial charge in [0.2, 0.25) is 11.6 Å². The monoisotopic (exact) mass is 284 g/mol. The normalized spacial score (nSPS) is 11.0. The van der Waals surface area contributed by atoms with E-state index in [2.05, 4.69) is 0 Å². The van der Waals surface area contributed by atoms with E-state index in [0.717, 1.165) is 0 Å². The van der Waals surface area contributed by atoms with Crippen LogP contribution in [0.25, 0.3) is 0 Å². The number of hydrogen-bond acceptors (Lipinski definition) is 5. The van der Waals surface area contributed by atoms with Gasteiger partial charge in [-0.05, 0) is 0 Å². The van der Waals surface area contributed by atoms with Gasteiger partial charge in [-0.15, -0.1) is 0 Å². The van der Waals surface area contributed by atoms with Crippen LogP contribution in [0.5, 0.6) is 0 Å². The molecule has 0 spiro atoms. The highest BCUT2D eigenvalue weighted by molar-refractivity contribution is 6.49. The van der Waals surface area contributed by atoms with E-state index in [1.807, 2.05) is 0 Å². The maximum Gasteiger partial charge on any atom is 0.298 e. The third-order valence-corrected chi connectivity index (χ3v) is 2.91. The van der Waals surface area contributed by atoms with Crippen molar-refractivity contribution in [1.29, 1.82) is 0 Å². The molecule has 0 bridgehead atoms. The molecule has 0 radical (unpaired) electrons. The Kier molecular flexibility index (Phi) is 4.07. The Bertz CT molecular complexity index is 674. The number of carbonyl (C=O) groups is 3. The van der Waals surface area contributed by atoms with Crippen molar-refractivity contribution in [3.8, 4) is 0 Å². The Labute approximate surface area is 120 Å². The fourth-order valence-electron chi connectivity index (χ4n) is 1.77. The van der Waals surface area contributed by atoms with E-state index in [0.29, 0.717) is 0 Å². The van der Waals surface area contributed by atoms with Gasteiger partial charge in [0.1, 0.15) is 0 Å². The first-order valence-corrected chi connectivity index (χ1v) is 6.13. The van der Waals surface area contributed by atoms with Crippen molar-refractivity contribution in [3.63, 3.8) is 0 Å². The highest BCUT2D eigenvalue weighted by atomic mass is 16.5. The minimum Gasteiger partial charge on any atom is -0.353 e. The van der Waals surface area contributed by atoms with E-state index in [1.165, 1.54) is 48.5 Å². The minimum absolute atomic E-state index is 0.0177. The Morgan fingerprint density at radius 3 is 1.62 bits per heavy atom. The molecule has 0 aromatic heterocycles. The van der Waals surface area contributed by atoms with E-state index in [1.54, 1.807) is 12.1 Å². The lowest BCUT2D eigenvalue weighted by Crippen LogP contribution is -2.50. The molecule has 0 saturated carbocycles. The van der Waals surface area contributed by atoms with Crippen molar-refractivity contribution in [2.45, 2.75) is 5.79 Å². The number of rotatable bonds is 5. The summed E-state index contributed by atoms with van der Waals surface area (Å²) in [5.74, 6) is -7.33. The molecule has 0 saturated heterocycles. The van der Waals surface area contributed by atoms with Crippen molar-refractivity contribution < 1.29 is 24.6 Å². The number of benzene rings is 2. The van der Waals surface area contributed by atoms with Crippen LogP contribution in [0.3, 0.4) is 0 Å². The van der Waals surface area contributed by atoms with Gasteiger partial charge in [0.15, 0.2) is 0 Å². The summed E-state index contributed by atoms with van der Waals surface area (Å²) >= 11 is 0. The molecule has 2 rings (SSSR count). The molecular formula is C16H12O5. The number of Topliss-reactive ketones (excluding diaryl/α,β-unsaturated/α-hetero) is 3. The molecule has 0 amide bonds. The minimum atomic E-state index is -3.38. The van der Waals surface area contributed by atoms with Crippen LogP contribution in [0.1, 0.15) is 20.7 Å². The first-order valence-electron chi connectivity index (χ1n) is 6.13. The zero-order valence-corrected chi connectivity index (χ0v) is 10.9. The van der Waals surface area contributed by atoms with Crippen LogP contribution < -0.4 is 0 Å². The van der Waals surface area contributed by atoms with Gasteiger partial charge < -0.3 is 10.2 Å². The number of hydrogen-bond donors (Lipinski definition) is 2. The highest BCUT2D eigenvalue weighted by Gasteiger charge is 2.45. The second-order valence-corrected chi connectivity index (χ2v) is 4.39. The molecule has 21 heavy (non-hydrogen) atoms. The molecule has 0 fully saturated rings. The second kappa shape index (κ2) is 5.78. The van der Waals surface area contributed by atoms with Gasteiger partial charge in [-0.3, -0.25) is 14.4 Å². The van der Waals surface area contributed by atoms with Gasteiger partial charge in [-0.25, -0.2) is 0 Å². The SMILES string of the molecule is O=C(C(=O)C(O)(O)C(=O)c1ccccc1)c1ccccc1. The van der Waals surface area contributed by atoms with Crippen LogP contribution in [-0.2, 0) is 4.79 Å². The van der Waals surface area contributed by atoms with Crippen molar-refractivity contribution >= 4 is 17.3 Å². The van der Waals surface area contributed by atoms with Gasteiger partial charge >= 0.3 is 0 Å². The second-order valence-electron chi connectivity index (χ2n) is 4.39. The average molecular weight is 284 g/mol. The standard InChI is InChI=1S/C16H12O5/c17-13(11-7-3-1-4-8-11)15(19)16(20,21)14(18)12-9-5-2-6-10-12/h1-10,20-21H. The molecular weight excluding hydrogens is 272 g/mol. The van der Waals surface area contributed by atoms with Crippen LogP contribution in [0, 0.1) is 0 Å². The molecule has 2 N–H and O–H groups in total. The van der Waals surface area contributed by atoms with Crippen LogP contribution >= 0.6 is 0 Å². The van der Waals surface area contributed by atoms with Crippen LogP contribution in [-0.4, -0.2) is 33.3 Å². The summed E-state index contributed by atoms with van der Waals surface area (Å²) in [6, 6.07) is 14.7. The molecule has 0 aliphatic rings. The van der Waals surface area contributed by atoms with Gasteiger partial charge in [-0.2, -0.15) is 0 Å². The summed E-state index contributed by atoms with van der Waals surface area (Å²) < 4.78 is 0. The van der Waals surface area contributed by atoms with Gasteiger partial charge in [0.05, 0.1) is 0 Å². The van der Waals surface area contributed by atoms with E-state index in [-0.39, 0.29) is 11.1 Å². The van der Waals surface area contributed by atoms with Crippen molar-refractivity contribution in [2.75, 3.05) is 0 Å². The largest absolute Gasteiger partial charge is 0.353 e. The van der Waals surface area contributed by atoms with Crippen molar-refractivity contribution in [1.82, 2.24) is 0 Å². The Morgan fingerprint density at radius 2 is 1.14 bits per heavy atom. The van der Waals surface area contributed by atoms with E-state index < -0.39 is 23.1 Å². The fourth-order valence-corrected chi connectivity index (χ4v) is 1.77. The van der Waals surface area contributed by atoms with Crippen LogP contribution in [0.15, 0.2) is 60.7 Å². The Balaban J connectivity index is 2.29. The summed E-state index contributed by atoms with van der Waals surface area (Å²) in [5.41, 5.74) is -0.0902. The molecule has 106 valence electrons. The predicted octanol–water partition coefficient (Wildman–Crippen LogP) is 1.00. The number of aliphatic hydroxyl groups is 2. The smallest absolute Gasteiger partial charge is 0.298 e. The van der Waals surface area contributed by atoms with Gasteiger partial charge in [-0.1, -0.05) is 60.7 Å². The number of carbonyl (C=O) groups excluding carboxylic acids is 3.